The Hall–Kier alpha value is -4.49. The first kappa shape index (κ1) is 29.0. The first-order chi connectivity index (χ1) is 19.8. The molecule has 4 aromatic rings. The minimum Gasteiger partial charge on any atom is -0.507 e. The van der Waals surface area contributed by atoms with E-state index in [-0.39, 0.29) is 57.1 Å². The van der Waals surface area contributed by atoms with Crippen molar-refractivity contribution in [3.8, 4) is 16.9 Å². The lowest BCUT2D eigenvalue weighted by Crippen LogP contribution is -2.45. The maximum Gasteiger partial charge on any atom is 0.263 e. The van der Waals surface area contributed by atoms with Gasteiger partial charge in [-0.3, -0.25) is 14.4 Å². The minimum absolute atomic E-state index is 0.00181. The van der Waals surface area contributed by atoms with Gasteiger partial charge in [-0.25, -0.2) is 14.4 Å². The molecule has 2 amide bonds. The molecule has 4 heterocycles. The molecule has 1 fully saturated rings. The number of primary amides is 1. The summed E-state index contributed by atoms with van der Waals surface area (Å²) in [7, 11) is 1.48. The zero-order chi connectivity index (χ0) is 30.5. The SMILES string of the molecule is Cc1c(O)c(C(N)=O)cc(-c2cn(CC(=O)Nc3cc(N4C[C@@H](C)O[C@@H](C)C4)ncc3Cl)c3ncn(C)c(=O)c23)c1F. The highest BCUT2D eigenvalue weighted by Gasteiger charge is 2.26. The van der Waals surface area contributed by atoms with Gasteiger partial charge in [-0.2, -0.15) is 0 Å². The Balaban J connectivity index is 1.52. The smallest absolute Gasteiger partial charge is 0.263 e. The van der Waals surface area contributed by atoms with Crippen LogP contribution in [0.1, 0.15) is 29.8 Å². The zero-order valence-corrected chi connectivity index (χ0v) is 24.1. The highest BCUT2D eigenvalue weighted by molar-refractivity contribution is 6.33. The quantitative estimate of drug-likeness (QED) is 0.306. The number of aromatic nitrogens is 4. The fourth-order valence-corrected chi connectivity index (χ4v) is 5.31. The van der Waals surface area contributed by atoms with Gasteiger partial charge in [0, 0.05) is 49.1 Å². The average Bonchev–Trinajstić information content (AvgIpc) is 3.28. The number of anilines is 2. The van der Waals surface area contributed by atoms with Crippen LogP contribution in [0.2, 0.25) is 5.02 Å². The van der Waals surface area contributed by atoms with Crippen molar-refractivity contribution in [2.75, 3.05) is 23.3 Å². The highest BCUT2D eigenvalue weighted by atomic mass is 35.5. The third kappa shape index (κ3) is 5.28. The van der Waals surface area contributed by atoms with Gasteiger partial charge in [0.15, 0.2) is 0 Å². The van der Waals surface area contributed by atoms with Crippen molar-refractivity contribution in [3.05, 3.63) is 63.2 Å². The second-order valence-electron chi connectivity index (χ2n) is 10.4. The van der Waals surface area contributed by atoms with Crippen LogP contribution in [0, 0.1) is 12.7 Å². The van der Waals surface area contributed by atoms with Crippen molar-refractivity contribution in [1.82, 2.24) is 19.1 Å². The predicted octanol–water partition coefficient (Wildman–Crippen LogP) is 2.95. The van der Waals surface area contributed by atoms with Gasteiger partial charge in [-0.15, -0.1) is 0 Å². The largest absolute Gasteiger partial charge is 0.507 e. The number of morpholine rings is 1. The molecule has 0 radical (unpaired) electrons. The molecule has 0 aliphatic carbocycles. The van der Waals surface area contributed by atoms with Gasteiger partial charge in [0.1, 0.15) is 29.6 Å². The summed E-state index contributed by atoms with van der Waals surface area (Å²) in [4.78, 5) is 49.1. The highest BCUT2D eigenvalue weighted by Crippen LogP contribution is 2.36. The minimum atomic E-state index is -0.972. The summed E-state index contributed by atoms with van der Waals surface area (Å²) in [6, 6.07) is 2.76. The molecule has 0 saturated carbocycles. The van der Waals surface area contributed by atoms with E-state index < -0.39 is 28.9 Å². The Morgan fingerprint density at radius 3 is 2.57 bits per heavy atom. The van der Waals surface area contributed by atoms with Crippen LogP contribution in [-0.2, 0) is 23.1 Å². The summed E-state index contributed by atoms with van der Waals surface area (Å²) in [5.74, 6) is -2.29. The number of fused-ring (bicyclic) bond motifs is 1. The molecule has 14 heteroatoms. The molecule has 0 spiro atoms. The van der Waals surface area contributed by atoms with Crippen molar-refractivity contribution in [3.63, 3.8) is 0 Å². The van der Waals surface area contributed by atoms with Crippen LogP contribution in [-0.4, -0.2) is 61.3 Å². The first-order valence-electron chi connectivity index (χ1n) is 13.1. The van der Waals surface area contributed by atoms with E-state index in [2.05, 4.69) is 15.3 Å². The molecule has 4 N–H and O–H groups in total. The molecule has 0 bridgehead atoms. The number of amides is 2. The Morgan fingerprint density at radius 1 is 1.21 bits per heavy atom. The van der Waals surface area contributed by atoms with Gasteiger partial charge < -0.3 is 34.9 Å². The van der Waals surface area contributed by atoms with Crippen molar-refractivity contribution in [1.29, 1.82) is 0 Å². The van der Waals surface area contributed by atoms with Crippen LogP contribution in [0.25, 0.3) is 22.2 Å². The molecule has 1 aliphatic heterocycles. The van der Waals surface area contributed by atoms with E-state index in [0.717, 1.165) is 6.07 Å². The molecule has 1 aliphatic rings. The molecule has 0 unspecified atom stereocenters. The van der Waals surface area contributed by atoms with Gasteiger partial charge in [0.2, 0.25) is 5.91 Å². The molecule has 5 rings (SSSR count). The molecule has 12 nitrogen and oxygen atoms in total. The second kappa shape index (κ2) is 11.1. The number of nitrogens with one attached hydrogen (secondary N) is 1. The lowest BCUT2D eigenvalue weighted by atomic mass is 9.98. The number of aromatic hydroxyl groups is 1. The van der Waals surface area contributed by atoms with Crippen molar-refractivity contribution < 1.29 is 23.8 Å². The third-order valence-electron chi connectivity index (χ3n) is 7.13. The summed E-state index contributed by atoms with van der Waals surface area (Å²) in [6.07, 6.45) is 4.14. The lowest BCUT2D eigenvalue weighted by molar-refractivity contribution is -0.116. The monoisotopic (exact) mass is 597 g/mol. The number of benzene rings is 1. The number of nitrogens with two attached hydrogens (primary N) is 1. The van der Waals surface area contributed by atoms with Gasteiger partial charge in [-0.1, -0.05) is 11.6 Å². The maximum absolute atomic E-state index is 15.4. The number of phenols is 1. The van der Waals surface area contributed by atoms with E-state index in [4.69, 9.17) is 22.1 Å². The predicted molar refractivity (Wildman–Crippen MR) is 155 cm³/mol. The first-order valence-corrected chi connectivity index (χ1v) is 13.5. The lowest BCUT2D eigenvalue weighted by Gasteiger charge is -2.36. The van der Waals surface area contributed by atoms with Crippen molar-refractivity contribution in [2.45, 2.75) is 39.5 Å². The van der Waals surface area contributed by atoms with Gasteiger partial charge in [0.05, 0.1) is 46.4 Å². The normalized spacial score (nSPS) is 17.0. The number of aryl methyl sites for hydroxylation is 1. The summed E-state index contributed by atoms with van der Waals surface area (Å²) in [6.45, 7) is 6.16. The zero-order valence-electron chi connectivity index (χ0n) is 23.3. The Bertz CT molecular complexity index is 1790. The van der Waals surface area contributed by atoms with Crippen LogP contribution >= 0.6 is 11.6 Å². The number of hydrogen-bond donors (Lipinski definition) is 3. The van der Waals surface area contributed by atoms with Crippen LogP contribution < -0.4 is 21.5 Å². The van der Waals surface area contributed by atoms with E-state index >= 15 is 4.39 Å². The number of carbonyl (C=O) groups excluding carboxylic acids is 2. The second-order valence-corrected chi connectivity index (χ2v) is 10.8. The van der Waals surface area contributed by atoms with Gasteiger partial charge in [0.25, 0.3) is 11.5 Å². The molecule has 2 atom stereocenters. The molecule has 1 aromatic carbocycles. The van der Waals surface area contributed by atoms with E-state index in [1.807, 2.05) is 18.7 Å². The van der Waals surface area contributed by atoms with Crippen LogP contribution in [0.3, 0.4) is 0 Å². The average molecular weight is 598 g/mol. The van der Waals surface area contributed by atoms with E-state index in [9.17, 15) is 19.5 Å². The summed E-state index contributed by atoms with van der Waals surface area (Å²) in [5, 5.41) is 13.3. The summed E-state index contributed by atoms with van der Waals surface area (Å²) < 4.78 is 23.8. The van der Waals surface area contributed by atoms with E-state index in [0.29, 0.717) is 24.6 Å². The van der Waals surface area contributed by atoms with E-state index in [1.165, 1.54) is 41.8 Å². The number of ether oxygens (including phenoxy) is 1. The standard InChI is InChI=1S/C28H29ClFN7O5/c1-13-8-36(9-14(2)42-13)21-6-20(19(29)7-32-21)34-22(38)11-37-10-18(23-27(37)33-12-35(4)28(23)41)16-5-17(26(31)40)25(39)15(3)24(16)30/h5-7,10,12-14,39H,8-9,11H2,1-4H3,(H2,31,40)(H,32,34,38)/t13-,14+. The molecular weight excluding hydrogens is 569 g/mol. The molecule has 42 heavy (non-hydrogen) atoms. The van der Waals surface area contributed by atoms with Crippen LogP contribution in [0.15, 0.2) is 35.6 Å². The fourth-order valence-electron chi connectivity index (χ4n) is 5.16. The Labute approximate surface area is 244 Å². The van der Waals surface area contributed by atoms with Crippen LogP contribution in [0.4, 0.5) is 15.9 Å². The number of halogens is 2. The third-order valence-corrected chi connectivity index (χ3v) is 7.43. The summed E-state index contributed by atoms with van der Waals surface area (Å²) >= 11 is 6.36. The number of pyridine rings is 1. The molecule has 3 aromatic heterocycles. The Morgan fingerprint density at radius 2 is 1.90 bits per heavy atom. The Kier molecular flexibility index (Phi) is 7.64. The molecular formula is C28H29ClFN7O5. The number of hydrogen-bond acceptors (Lipinski definition) is 8. The van der Waals surface area contributed by atoms with Gasteiger partial charge in [-0.05, 0) is 26.8 Å². The van der Waals surface area contributed by atoms with E-state index in [1.54, 1.807) is 6.07 Å². The summed E-state index contributed by atoms with van der Waals surface area (Å²) in [5.41, 5.74) is 4.75. The number of rotatable bonds is 6. The topological polar surface area (TPSA) is 158 Å². The number of nitrogens with zero attached hydrogens (tertiary/aromatic N) is 5. The molecule has 220 valence electrons. The number of carbonyl (C=O) groups is 2. The van der Waals surface area contributed by atoms with Crippen molar-refractivity contribution in [2.24, 2.45) is 12.8 Å². The fraction of sp³-hybridized carbons (Fsp3) is 0.321. The van der Waals surface area contributed by atoms with Crippen LogP contribution in [0.5, 0.6) is 5.75 Å². The maximum atomic E-state index is 15.4. The van der Waals surface area contributed by atoms with Crippen molar-refractivity contribution >= 4 is 46.0 Å². The molecule has 1 saturated heterocycles. The van der Waals surface area contributed by atoms with Gasteiger partial charge >= 0.3 is 0 Å².